The van der Waals surface area contributed by atoms with Gasteiger partial charge in [0.2, 0.25) is 0 Å². The van der Waals surface area contributed by atoms with Crippen molar-refractivity contribution >= 4 is 17.6 Å². The highest BCUT2D eigenvalue weighted by atomic mass is 19.4. The minimum absolute atomic E-state index is 0.0752. The molecule has 0 aromatic heterocycles. The highest BCUT2D eigenvalue weighted by Crippen LogP contribution is 2.35. The third kappa shape index (κ3) is 5.11. The van der Waals surface area contributed by atoms with Crippen molar-refractivity contribution in [2.45, 2.75) is 25.8 Å². The standard InChI is InChI=1S/C20H16F5N3O3/c1-10-15(17(29)27-12-6-4-5-11(9-12)20(23,24)25)16(28-19(30)26-10)13-7-2-3-8-14(13)31-18(21)22/h2-9,16,18H,1H3,(H,27,29)(H2,26,28,30)/t16-/m1/s1. The predicted molar refractivity (Wildman–Crippen MR) is 100 cm³/mol. The highest BCUT2D eigenvalue weighted by molar-refractivity contribution is 6.06. The second-order valence-electron chi connectivity index (χ2n) is 6.52. The zero-order valence-electron chi connectivity index (χ0n) is 15.9. The number of halogens is 5. The lowest BCUT2D eigenvalue weighted by atomic mass is 9.94. The van der Waals surface area contributed by atoms with Crippen molar-refractivity contribution in [3.63, 3.8) is 0 Å². The van der Waals surface area contributed by atoms with Crippen LogP contribution in [0.4, 0.5) is 32.4 Å². The van der Waals surface area contributed by atoms with Crippen molar-refractivity contribution in [3.8, 4) is 5.75 Å². The number of hydrogen-bond donors (Lipinski definition) is 3. The van der Waals surface area contributed by atoms with Crippen LogP contribution in [0.15, 0.2) is 59.8 Å². The van der Waals surface area contributed by atoms with Gasteiger partial charge in [0.1, 0.15) is 5.75 Å². The van der Waals surface area contributed by atoms with Crippen LogP contribution in [0.2, 0.25) is 0 Å². The number of para-hydroxylation sites is 1. The minimum Gasteiger partial charge on any atom is -0.434 e. The molecule has 0 aliphatic carbocycles. The summed E-state index contributed by atoms with van der Waals surface area (Å²) in [6.07, 6.45) is -4.61. The van der Waals surface area contributed by atoms with Crippen LogP contribution in [0.25, 0.3) is 0 Å². The first-order valence-electron chi connectivity index (χ1n) is 8.87. The van der Waals surface area contributed by atoms with Gasteiger partial charge >= 0.3 is 18.8 Å². The summed E-state index contributed by atoms with van der Waals surface area (Å²) in [7, 11) is 0. The molecular formula is C20H16F5N3O3. The van der Waals surface area contributed by atoms with Gasteiger partial charge in [0, 0.05) is 16.9 Å². The molecule has 1 aliphatic heterocycles. The number of alkyl halides is 5. The molecule has 0 saturated heterocycles. The number of benzene rings is 2. The second-order valence-corrected chi connectivity index (χ2v) is 6.52. The van der Waals surface area contributed by atoms with Crippen LogP contribution >= 0.6 is 0 Å². The Morgan fingerprint density at radius 1 is 1.13 bits per heavy atom. The summed E-state index contributed by atoms with van der Waals surface area (Å²) < 4.78 is 68.9. The number of carbonyl (C=O) groups is 2. The van der Waals surface area contributed by atoms with Gasteiger partial charge < -0.3 is 20.7 Å². The molecule has 1 aliphatic rings. The quantitative estimate of drug-likeness (QED) is 0.595. The topological polar surface area (TPSA) is 79.5 Å². The fraction of sp³-hybridized carbons (Fsp3) is 0.200. The zero-order chi connectivity index (χ0) is 22.8. The van der Waals surface area contributed by atoms with E-state index in [2.05, 4.69) is 20.7 Å². The lowest BCUT2D eigenvalue weighted by molar-refractivity contribution is -0.137. The van der Waals surface area contributed by atoms with Crippen LogP contribution < -0.4 is 20.7 Å². The lowest BCUT2D eigenvalue weighted by Crippen LogP contribution is -2.46. The molecule has 0 radical (unpaired) electrons. The van der Waals surface area contributed by atoms with Crippen LogP contribution in [-0.4, -0.2) is 18.5 Å². The van der Waals surface area contributed by atoms with Gasteiger partial charge in [-0.2, -0.15) is 22.0 Å². The van der Waals surface area contributed by atoms with E-state index in [9.17, 15) is 31.5 Å². The molecule has 6 nitrogen and oxygen atoms in total. The zero-order valence-corrected chi connectivity index (χ0v) is 15.9. The molecule has 3 N–H and O–H groups in total. The molecular weight excluding hydrogens is 425 g/mol. The Morgan fingerprint density at radius 2 is 1.84 bits per heavy atom. The summed E-state index contributed by atoms with van der Waals surface area (Å²) in [5.41, 5.74) is -0.996. The Labute approximate surface area is 173 Å². The molecule has 11 heteroatoms. The molecule has 0 saturated carbocycles. The molecule has 0 bridgehead atoms. The number of ether oxygens (including phenoxy) is 1. The van der Waals surface area contributed by atoms with Crippen molar-refractivity contribution in [2.75, 3.05) is 5.32 Å². The molecule has 0 unspecified atom stereocenters. The first-order valence-corrected chi connectivity index (χ1v) is 8.87. The van der Waals surface area contributed by atoms with Gasteiger partial charge in [-0.1, -0.05) is 24.3 Å². The monoisotopic (exact) mass is 441 g/mol. The van der Waals surface area contributed by atoms with Gasteiger partial charge in [0.25, 0.3) is 5.91 Å². The van der Waals surface area contributed by atoms with Crippen molar-refractivity contribution in [2.24, 2.45) is 0 Å². The third-order valence-electron chi connectivity index (χ3n) is 4.41. The molecule has 3 rings (SSSR count). The van der Waals surface area contributed by atoms with Crippen LogP contribution in [0.5, 0.6) is 5.75 Å². The van der Waals surface area contributed by atoms with Crippen LogP contribution in [0.3, 0.4) is 0 Å². The summed E-state index contributed by atoms with van der Waals surface area (Å²) in [4.78, 5) is 24.9. The molecule has 2 aromatic carbocycles. The van der Waals surface area contributed by atoms with Gasteiger partial charge in [-0.15, -0.1) is 0 Å². The smallest absolute Gasteiger partial charge is 0.416 e. The number of rotatable bonds is 5. The number of urea groups is 1. The average molecular weight is 441 g/mol. The molecule has 2 aromatic rings. The Bertz CT molecular complexity index is 1040. The number of anilines is 1. The van der Waals surface area contributed by atoms with Gasteiger partial charge in [0.05, 0.1) is 17.2 Å². The Kier molecular flexibility index (Phi) is 6.14. The molecule has 1 heterocycles. The van der Waals surface area contributed by atoms with Crippen molar-refractivity contribution in [1.29, 1.82) is 0 Å². The normalized spacial score (nSPS) is 16.6. The Morgan fingerprint density at radius 3 is 2.52 bits per heavy atom. The lowest BCUT2D eigenvalue weighted by Gasteiger charge is -2.29. The molecule has 164 valence electrons. The molecule has 0 fully saturated rings. The fourth-order valence-electron chi connectivity index (χ4n) is 3.12. The van der Waals surface area contributed by atoms with E-state index in [1.807, 2.05) is 0 Å². The molecule has 3 amide bonds. The van der Waals surface area contributed by atoms with Crippen LogP contribution in [-0.2, 0) is 11.0 Å². The number of amides is 3. The third-order valence-corrected chi connectivity index (χ3v) is 4.41. The van der Waals surface area contributed by atoms with Gasteiger partial charge in [-0.05, 0) is 31.2 Å². The molecule has 1 atom stereocenters. The number of allylic oxidation sites excluding steroid dienone is 1. The van der Waals surface area contributed by atoms with E-state index in [1.54, 1.807) is 0 Å². The highest BCUT2D eigenvalue weighted by Gasteiger charge is 2.34. The average Bonchev–Trinajstić information content (AvgIpc) is 2.66. The van der Waals surface area contributed by atoms with Gasteiger partial charge in [-0.3, -0.25) is 4.79 Å². The summed E-state index contributed by atoms with van der Waals surface area (Å²) in [6, 6.07) is 7.69. The SMILES string of the molecule is CC1=C(C(=O)Nc2cccc(C(F)(F)F)c2)[C@@H](c2ccccc2OC(F)F)NC(=O)N1. The van der Waals surface area contributed by atoms with Crippen molar-refractivity contribution in [1.82, 2.24) is 10.6 Å². The number of hydrogen-bond acceptors (Lipinski definition) is 3. The summed E-state index contributed by atoms with van der Waals surface area (Å²) in [5.74, 6) is -1.09. The number of nitrogens with one attached hydrogen (secondary N) is 3. The van der Waals surface area contributed by atoms with E-state index in [0.29, 0.717) is 0 Å². The van der Waals surface area contributed by atoms with E-state index >= 15 is 0 Å². The maximum Gasteiger partial charge on any atom is 0.416 e. The largest absolute Gasteiger partial charge is 0.434 e. The molecule has 31 heavy (non-hydrogen) atoms. The van der Waals surface area contributed by atoms with E-state index in [4.69, 9.17) is 0 Å². The Hall–Kier alpha value is -3.63. The minimum atomic E-state index is -4.61. The van der Waals surface area contributed by atoms with Gasteiger partial charge in [-0.25, -0.2) is 4.79 Å². The van der Waals surface area contributed by atoms with Crippen molar-refractivity contribution in [3.05, 3.63) is 70.9 Å². The van der Waals surface area contributed by atoms with E-state index in [0.717, 1.165) is 18.2 Å². The van der Waals surface area contributed by atoms with E-state index < -0.39 is 36.3 Å². The summed E-state index contributed by atoms with van der Waals surface area (Å²) in [5, 5.41) is 7.20. The van der Waals surface area contributed by atoms with Gasteiger partial charge in [0.15, 0.2) is 0 Å². The maximum absolute atomic E-state index is 12.9. The summed E-state index contributed by atoms with van der Waals surface area (Å²) >= 11 is 0. The second kappa shape index (κ2) is 8.62. The fourth-order valence-corrected chi connectivity index (χ4v) is 3.12. The maximum atomic E-state index is 12.9. The van der Waals surface area contributed by atoms with E-state index in [1.165, 1.54) is 37.3 Å². The van der Waals surface area contributed by atoms with E-state index in [-0.39, 0.29) is 28.3 Å². The summed E-state index contributed by atoms with van der Waals surface area (Å²) in [6.45, 7) is -1.74. The van der Waals surface area contributed by atoms with Crippen molar-refractivity contribution < 1.29 is 36.3 Å². The molecule has 0 spiro atoms. The Balaban J connectivity index is 1.97. The predicted octanol–water partition coefficient (Wildman–Crippen LogP) is 4.57. The first-order chi connectivity index (χ1) is 14.6. The van der Waals surface area contributed by atoms with Crippen LogP contribution in [0.1, 0.15) is 24.1 Å². The first kappa shape index (κ1) is 22.1. The van der Waals surface area contributed by atoms with Crippen LogP contribution in [0, 0.1) is 0 Å². The number of carbonyl (C=O) groups excluding carboxylic acids is 2.